The number of carboxylic acid groups (broad SMARTS) is 1. The smallest absolute Gasteiger partial charge is 0.407 e. The Morgan fingerprint density at radius 1 is 1.11 bits per heavy atom. The summed E-state index contributed by atoms with van der Waals surface area (Å²) >= 11 is 6.48. The first-order valence-corrected chi connectivity index (χ1v) is 11.9. The molecule has 0 unspecified atom stereocenters. The van der Waals surface area contributed by atoms with Crippen LogP contribution in [0.15, 0.2) is 67.1 Å². The van der Waals surface area contributed by atoms with E-state index in [9.17, 15) is 9.90 Å². The summed E-state index contributed by atoms with van der Waals surface area (Å²) < 4.78 is 12.1. The summed E-state index contributed by atoms with van der Waals surface area (Å²) in [6, 6.07) is 16.6. The quantitative estimate of drug-likeness (QED) is 0.338. The lowest BCUT2D eigenvalue weighted by Gasteiger charge is -2.31. The number of carbonyl (C=O) groups is 1. The fourth-order valence-corrected chi connectivity index (χ4v) is 4.36. The number of nitrogens with one attached hydrogen (secondary N) is 1. The molecule has 9 nitrogen and oxygen atoms in total. The average molecular weight is 506 g/mol. The fourth-order valence-electron chi connectivity index (χ4n) is 4.13. The van der Waals surface area contributed by atoms with Gasteiger partial charge in [0.1, 0.15) is 36.4 Å². The van der Waals surface area contributed by atoms with E-state index in [1.807, 2.05) is 42.5 Å². The van der Waals surface area contributed by atoms with Gasteiger partial charge >= 0.3 is 6.09 Å². The van der Waals surface area contributed by atoms with Crippen LogP contribution in [0.3, 0.4) is 0 Å². The molecule has 0 radical (unpaired) electrons. The molecule has 1 saturated heterocycles. The zero-order valence-electron chi connectivity index (χ0n) is 19.3. The van der Waals surface area contributed by atoms with Crippen molar-refractivity contribution in [1.82, 2.24) is 19.9 Å². The zero-order valence-corrected chi connectivity index (χ0v) is 20.1. The summed E-state index contributed by atoms with van der Waals surface area (Å²) in [6.45, 7) is 1.14. The molecule has 0 bridgehead atoms. The number of hydrogen-bond donors (Lipinski definition) is 2. The number of ether oxygens (including phenoxy) is 2. The number of anilines is 2. The van der Waals surface area contributed by atoms with Gasteiger partial charge in [-0.15, -0.1) is 0 Å². The molecule has 0 aliphatic carbocycles. The number of hydrogen-bond acceptors (Lipinski definition) is 7. The normalized spacial score (nSPS) is 15.5. The van der Waals surface area contributed by atoms with Crippen molar-refractivity contribution in [3.8, 4) is 11.5 Å². The van der Waals surface area contributed by atoms with Gasteiger partial charge in [0.25, 0.3) is 0 Å². The van der Waals surface area contributed by atoms with E-state index in [0.717, 1.165) is 24.2 Å². The zero-order chi connectivity index (χ0) is 24.9. The molecular weight excluding hydrogens is 482 g/mol. The van der Waals surface area contributed by atoms with Crippen LogP contribution in [-0.2, 0) is 6.61 Å². The second-order valence-corrected chi connectivity index (χ2v) is 8.77. The Balaban J connectivity index is 1.36. The van der Waals surface area contributed by atoms with Crippen LogP contribution in [-0.4, -0.2) is 50.2 Å². The molecule has 0 saturated carbocycles. The second kappa shape index (κ2) is 10.7. The summed E-state index contributed by atoms with van der Waals surface area (Å²) in [5.41, 5.74) is 2.23. The van der Waals surface area contributed by atoms with E-state index in [0.29, 0.717) is 52.9 Å². The summed E-state index contributed by atoms with van der Waals surface area (Å²) in [5, 5.41) is 13.8. The van der Waals surface area contributed by atoms with Gasteiger partial charge in [-0.3, -0.25) is 4.98 Å². The van der Waals surface area contributed by atoms with Crippen LogP contribution in [0, 0.1) is 0 Å². The minimum absolute atomic E-state index is 0.251. The number of benzene rings is 2. The summed E-state index contributed by atoms with van der Waals surface area (Å²) in [4.78, 5) is 25.9. The number of rotatable bonds is 7. The molecule has 1 aliphatic heterocycles. The molecule has 1 atom stereocenters. The Morgan fingerprint density at radius 2 is 2.03 bits per heavy atom. The number of nitrogens with zero attached hydrogens (tertiary/aromatic N) is 4. The maximum absolute atomic E-state index is 11.4. The molecule has 0 spiro atoms. The average Bonchev–Trinajstić information content (AvgIpc) is 2.89. The summed E-state index contributed by atoms with van der Waals surface area (Å²) in [6.07, 6.45) is 3.53. The van der Waals surface area contributed by atoms with E-state index >= 15 is 0 Å². The topological polar surface area (TPSA) is 110 Å². The Morgan fingerprint density at radius 3 is 2.83 bits per heavy atom. The number of pyridine rings is 1. The first-order chi connectivity index (χ1) is 17.6. The minimum Gasteiger partial charge on any atom is -0.488 e. The van der Waals surface area contributed by atoms with Crippen LogP contribution in [0.5, 0.6) is 11.5 Å². The van der Waals surface area contributed by atoms with Crippen molar-refractivity contribution in [2.75, 3.05) is 18.4 Å². The predicted molar refractivity (Wildman–Crippen MR) is 136 cm³/mol. The SMILES string of the molecule is O=C(O)N1CCC[C@@H](Oc2cccc3ncnc(Nc4ccc(OCc5ccccn5)c(Cl)c4)c23)C1. The number of amides is 1. The maximum atomic E-state index is 11.4. The molecule has 3 heterocycles. The third-order valence-corrected chi connectivity index (χ3v) is 6.16. The van der Waals surface area contributed by atoms with E-state index < -0.39 is 6.09 Å². The van der Waals surface area contributed by atoms with Gasteiger partial charge in [0, 0.05) is 18.4 Å². The molecule has 4 aromatic rings. The van der Waals surface area contributed by atoms with Gasteiger partial charge in [-0.25, -0.2) is 14.8 Å². The largest absolute Gasteiger partial charge is 0.488 e. The Kier molecular flexibility index (Phi) is 6.99. The maximum Gasteiger partial charge on any atom is 0.407 e. The van der Waals surface area contributed by atoms with Crippen molar-refractivity contribution in [3.63, 3.8) is 0 Å². The molecule has 2 N–H and O–H groups in total. The van der Waals surface area contributed by atoms with Crippen molar-refractivity contribution >= 4 is 40.1 Å². The molecule has 10 heteroatoms. The predicted octanol–water partition coefficient (Wildman–Crippen LogP) is 5.52. The van der Waals surface area contributed by atoms with Gasteiger partial charge in [-0.1, -0.05) is 23.7 Å². The van der Waals surface area contributed by atoms with Crippen LogP contribution in [0.4, 0.5) is 16.3 Å². The van der Waals surface area contributed by atoms with E-state index in [2.05, 4.69) is 20.3 Å². The first kappa shape index (κ1) is 23.6. The number of halogens is 1. The fraction of sp³-hybridized carbons (Fsp3) is 0.231. The Hall–Kier alpha value is -4.11. The molecule has 184 valence electrons. The third kappa shape index (κ3) is 5.41. The summed E-state index contributed by atoms with van der Waals surface area (Å²) in [5.74, 6) is 1.69. The van der Waals surface area contributed by atoms with Crippen LogP contribution >= 0.6 is 11.6 Å². The standard InChI is InChI=1S/C26H24ClN5O4/c27-20-13-17(9-10-22(20)35-15-18-5-1-2-11-28-18)31-25-24-21(29-16-30-25)7-3-8-23(24)36-19-6-4-12-32(14-19)26(33)34/h1-3,5,7-11,13,16,19H,4,6,12,14-15H2,(H,33,34)(H,29,30,31)/t19-/m1/s1. The van der Waals surface area contributed by atoms with E-state index in [1.54, 1.807) is 18.3 Å². The molecule has 1 amide bonds. The Labute approximate surface area is 212 Å². The van der Waals surface area contributed by atoms with Crippen molar-refractivity contribution in [2.45, 2.75) is 25.6 Å². The number of piperidine rings is 1. The van der Waals surface area contributed by atoms with Gasteiger partial charge in [0.15, 0.2) is 0 Å². The third-order valence-electron chi connectivity index (χ3n) is 5.86. The van der Waals surface area contributed by atoms with Gasteiger partial charge in [0.2, 0.25) is 0 Å². The van der Waals surface area contributed by atoms with Crippen LogP contribution in [0.2, 0.25) is 5.02 Å². The van der Waals surface area contributed by atoms with E-state index in [1.165, 1.54) is 11.2 Å². The van der Waals surface area contributed by atoms with Gasteiger partial charge in [0.05, 0.1) is 28.2 Å². The highest BCUT2D eigenvalue weighted by Gasteiger charge is 2.25. The highest BCUT2D eigenvalue weighted by molar-refractivity contribution is 6.32. The van der Waals surface area contributed by atoms with Crippen molar-refractivity contribution in [1.29, 1.82) is 0 Å². The van der Waals surface area contributed by atoms with Crippen molar-refractivity contribution < 1.29 is 19.4 Å². The molecule has 1 aliphatic rings. The highest BCUT2D eigenvalue weighted by atomic mass is 35.5. The molecule has 5 rings (SSSR count). The lowest BCUT2D eigenvalue weighted by atomic mass is 10.1. The number of aromatic nitrogens is 3. The number of likely N-dealkylation sites (tertiary alicyclic amines) is 1. The van der Waals surface area contributed by atoms with Gasteiger partial charge in [-0.05, 0) is 55.3 Å². The second-order valence-electron chi connectivity index (χ2n) is 8.36. The number of fused-ring (bicyclic) bond motifs is 1. The van der Waals surface area contributed by atoms with E-state index in [-0.39, 0.29) is 6.10 Å². The highest BCUT2D eigenvalue weighted by Crippen LogP contribution is 2.35. The molecule has 2 aromatic heterocycles. The molecule has 2 aromatic carbocycles. The lowest BCUT2D eigenvalue weighted by molar-refractivity contribution is 0.0800. The molecule has 1 fully saturated rings. The first-order valence-electron chi connectivity index (χ1n) is 11.5. The summed E-state index contributed by atoms with van der Waals surface area (Å²) in [7, 11) is 0. The van der Waals surface area contributed by atoms with Gasteiger partial charge in [-0.2, -0.15) is 0 Å². The lowest BCUT2D eigenvalue weighted by Crippen LogP contribution is -2.43. The van der Waals surface area contributed by atoms with Crippen LogP contribution in [0.25, 0.3) is 10.9 Å². The van der Waals surface area contributed by atoms with Crippen LogP contribution < -0.4 is 14.8 Å². The van der Waals surface area contributed by atoms with Crippen LogP contribution in [0.1, 0.15) is 18.5 Å². The molecule has 36 heavy (non-hydrogen) atoms. The van der Waals surface area contributed by atoms with Gasteiger partial charge < -0.3 is 24.8 Å². The Bertz CT molecular complexity index is 1370. The monoisotopic (exact) mass is 505 g/mol. The van der Waals surface area contributed by atoms with Crippen molar-refractivity contribution in [2.24, 2.45) is 0 Å². The molecular formula is C26H24ClN5O4. The minimum atomic E-state index is -0.934. The van der Waals surface area contributed by atoms with Crippen molar-refractivity contribution in [3.05, 3.63) is 77.8 Å². The van der Waals surface area contributed by atoms with E-state index in [4.69, 9.17) is 21.1 Å².